The van der Waals surface area contributed by atoms with Crippen molar-refractivity contribution in [3.05, 3.63) is 66.0 Å². The molecule has 0 fully saturated rings. The van der Waals surface area contributed by atoms with Crippen LogP contribution in [0.15, 0.2) is 54.7 Å². The van der Waals surface area contributed by atoms with Crippen molar-refractivity contribution in [2.75, 3.05) is 13.7 Å². The van der Waals surface area contributed by atoms with Crippen molar-refractivity contribution in [2.45, 2.75) is 44.3 Å². The zero-order chi connectivity index (χ0) is 19.0. The van der Waals surface area contributed by atoms with E-state index in [1.807, 2.05) is 69.3 Å². The molecule has 0 amide bonds. The predicted octanol–water partition coefficient (Wildman–Crippen LogP) is 3.41. The number of nitrogens with one attached hydrogen (secondary N) is 1. The van der Waals surface area contributed by atoms with Crippen LogP contribution in [0.1, 0.15) is 38.1 Å². The van der Waals surface area contributed by atoms with E-state index in [1.165, 1.54) is 0 Å². The number of hydrogen-bond acceptors (Lipinski definition) is 5. The second-order valence-electron chi connectivity index (χ2n) is 7.02. The molecule has 0 saturated carbocycles. The summed E-state index contributed by atoms with van der Waals surface area (Å²) in [5.74, 6) is 0. The second-order valence-corrected chi connectivity index (χ2v) is 9.01. The maximum Gasteiger partial charge on any atom is 0.136 e. The topological polar surface area (TPSA) is 66.4 Å². The highest BCUT2D eigenvalue weighted by atomic mass is 32.2. The fraction of sp³-hybridized carbons (Fsp3) is 0.450. The van der Waals surface area contributed by atoms with Crippen LogP contribution in [0.2, 0.25) is 0 Å². The summed E-state index contributed by atoms with van der Waals surface area (Å²) in [5, 5.41) is 0. The van der Waals surface area contributed by atoms with Crippen molar-refractivity contribution in [3.63, 3.8) is 0 Å². The van der Waals surface area contributed by atoms with Crippen LogP contribution in [0, 0.1) is 0 Å². The van der Waals surface area contributed by atoms with E-state index in [1.54, 1.807) is 13.3 Å². The van der Waals surface area contributed by atoms with Gasteiger partial charge in [0.1, 0.15) is 16.9 Å². The molecular formula is C20H28N2O3S. The number of ether oxygens (including phenoxy) is 2. The highest BCUT2D eigenvalue weighted by Gasteiger charge is 2.34. The largest absolute Gasteiger partial charge is 0.598 e. The average molecular weight is 377 g/mol. The van der Waals surface area contributed by atoms with Gasteiger partial charge in [-0.2, -0.15) is 0 Å². The molecule has 6 heteroatoms. The lowest BCUT2D eigenvalue weighted by molar-refractivity contribution is 0.0204. The molecule has 2 unspecified atom stereocenters. The zero-order valence-electron chi connectivity index (χ0n) is 15.8. The van der Waals surface area contributed by atoms with Gasteiger partial charge in [0, 0.05) is 24.7 Å². The standard InChI is InChI=1S/C20H28N2O3S/c1-20(2,3)26(23)22-18(15-25-14-16-10-6-5-7-11-16)19(24-4)17-12-8-9-13-21-17/h5-13,18-19,22H,14-15H2,1-4H3/t18-,19?,26?/m0/s1. The fourth-order valence-corrected chi connectivity index (χ4v) is 3.23. The Morgan fingerprint density at radius 1 is 1.12 bits per heavy atom. The Bertz CT molecular complexity index is 635. The quantitative estimate of drug-likeness (QED) is 0.680. The third-order valence-corrected chi connectivity index (χ3v) is 5.45. The summed E-state index contributed by atoms with van der Waals surface area (Å²) in [4.78, 5) is 4.39. The second kappa shape index (κ2) is 10.0. The van der Waals surface area contributed by atoms with E-state index in [0.29, 0.717) is 13.2 Å². The molecule has 142 valence electrons. The van der Waals surface area contributed by atoms with Crippen molar-refractivity contribution < 1.29 is 14.0 Å². The molecule has 0 aliphatic carbocycles. The lowest BCUT2D eigenvalue weighted by Gasteiger charge is -2.31. The first-order valence-electron chi connectivity index (χ1n) is 8.65. The van der Waals surface area contributed by atoms with E-state index in [9.17, 15) is 4.55 Å². The molecule has 2 aromatic rings. The fourth-order valence-electron chi connectivity index (χ4n) is 2.41. The lowest BCUT2D eigenvalue weighted by atomic mass is 10.1. The molecule has 0 aliphatic rings. The van der Waals surface area contributed by atoms with Crippen LogP contribution >= 0.6 is 0 Å². The van der Waals surface area contributed by atoms with E-state index in [-0.39, 0.29) is 16.9 Å². The summed E-state index contributed by atoms with van der Waals surface area (Å²) >= 11 is -1.25. The summed E-state index contributed by atoms with van der Waals surface area (Å²) in [6, 6.07) is 15.4. The number of benzene rings is 1. The molecule has 1 aromatic heterocycles. The monoisotopic (exact) mass is 376 g/mol. The first kappa shape index (κ1) is 20.9. The van der Waals surface area contributed by atoms with E-state index in [4.69, 9.17) is 9.47 Å². The number of nitrogens with zero attached hydrogens (tertiary/aromatic N) is 1. The Morgan fingerprint density at radius 3 is 2.38 bits per heavy atom. The summed E-state index contributed by atoms with van der Waals surface area (Å²) in [6.45, 7) is 6.63. The summed E-state index contributed by atoms with van der Waals surface area (Å²) in [5.41, 5.74) is 1.87. The minimum absolute atomic E-state index is 0.293. The lowest BCUT2D eigenvalue weighted by Crippen LogP contribution is -2.49. The minimum Gasteiger partial charge on any atom is -0.598 e. The van der Waals surface area contributed by atoms with Gasteiger partial charge in [-0.05, 0) is 38.5 Å². The molecule has 0 aliphatic heterocycles. The van der Waals surface area contributed by atoms with Crippen LogP contribution in [0.25, 0.3) is 0 Å². The molecule has 0 saturated heterocycles. The number of methoxy groups -OCH3 is 1. The predicted molar refractivity (Wildman–Crippen MR) is 105 cm³/mol. The summed E-state index contributed by atoms with van der Waals surface area (Å²) in [7, 11) is 1.63. The molecule has 0 spiro atoms. The first-order valence-corrected chi connectivity index (χ1v) is 9.80. The van der Waals surface area contributed by atoms with Crippen molar-refractivity contribution >= 4 is 11.4 Å². The maximum absolute atomic E-state index is 12.6. The number of hydrogen-bond donors (Lipinski definition) is 1. The van der Waals surface area contributed by atoms with Gasteiger partial charge < -0.3 is 14.0 Å². The van der Waals surface area contributed by atoms with Crippen LogP contribution < -0.4 is 4.72 Å². The average Bonchev–Trinajstić information content (AvgIpc) is 2.63. The van der Waals surface area contributed by atoms with Crippen LogP contribution in [-0.4, -0.2) is 34.0 Å². The van der Waals surface area contributed by atoms with Gasteiger partial charge in [-0.1, -0.05) is 36.4 Å². The molecule has 0 radical (unpaired) electrons. The Balaban J connectivity index is 2.09. The van der Waals surface area contributed by atoms with Gasteiger partial charge >= 0.3 is 0 Å². The molecule has 1 heterocycles. The van der Waals surface area contributed by atoms with E-state index >= 15 is 0 Å². The Labute approximate surface area is 159 Å². The summed E-state index contributed by atoms with van der Waals surface area (Å²) < 4.78 is 27.0. The van der Waals surface area contributed by atoms with Crippen molar-refractivity contribution in [2.24, 2.45) is 0 Å². The van der Waals surface area contributed by atoms with Crippen LogP contribution in [0.4, 0.5) is 0 Å². The Kier molecular flexibility index (Phi) is 8.06. The van der Waals surface area contributed by atoms with Gasteiger partial charge in [-0.15, -0.1) is 4.72 Å². The highest BCUT2D eigenvalue weighted by molar-refractivity contribution is 7.90. The molecule has 3 atom stereocenters. The Morgan fingerprint density at radius 2 is 1.81 bits per heavy atom. The third kappa shape index (κ3) is 6.37. The maximum atomic E-state index is 12.6. The zero-order valence-corrected chi connectivity index (χ0v) is 16.7. The smallest absolute Gasteiger partial charge is 0.136 e. The van der Waals surface area contributed by atoms with Crippen LogP contribution in [-0.2, 0) is 27.4 Å². The minimum atomic E-state index is -1.25. The summed E-state index contributed by atoms with van der Waals surface area (Å²) in [6.07, 6.45) is 1.36. The van der Waals surface area contributed by atoms with Gasteiger partial charge in [-0.3, -0.25) is 4.98 Å². The van der Waals surface area contributed by atoms with Gasteiger partial charge in [0.2, 0.25) is 0 Å². The third-order valence-electron chi connectivity index (χ3n) is 3.82. The molecule has 5 nitrogen and oxygen atoms in total. The molecule has 0 bridgehead atoms. The van der Waals surface area contributed by atoms with Crippen molar-refractivity contribution in [1.29, 1.82) is 0 Å². The van der Waals surface area contributed by atoms with Crippen LogP contribution in [0.3, 0.4) is 0 Å². The number of pyridine rings is 1. The van der Waals surface area contributed by atoms with Gasteiger partial charge in [0.15, 0.2) is 0 Å². The van der Waals surface area contributed by atoms with Crippen molar-refractivity contribution in [1.82, 2.24) is 9.71 Å². The van der Waals surface area contributed by atoms with E-state index < -0.39 is 11.4 Å². The SMILES string of the molecule is COC(c1ccccn1)[C@H](COCc1ccccc1)N[S+]([O-])C(C)(C)C. The normalized spacial score (nSPS) is 15.4. The van der Waals surface area contributed by atoms with Gasteiger partial charge in [0.25, 0.3) is 0 Å². The highest BCUT2D eigenvalue weighted by Crippen LogP contribution is 2.22. The molecule has 1 aromatic carbocycles. The van der Waals surface area contributed by atoms with Crippen LogP contribution in [0.5, 0.6) is 0 Å². The molecule has 2 rings (SSSR count). The molecular weight excluding hydrogens is 348 g/mol. The van der Waals surface area contributed by atoms with E-state index in [0.717, 1.165) is 11.3 Å². The molecule has 1 N–H and O–H groups in total. The van der Waals surface area contributed by atoms with Gasteiger partial charge in [0.05, 0.1) is 18.9 Å². The number of aromatic nitrogens is 1. The first-order chi connectivity index (χ1) is 12.4. The number of rotatable bonds is 9. The Hall–Kier alpha value is -1.44. The van der Waals surface area contributed by atoms with Crippen molar-refractivity contribution in [3.8, 4) is 0 Å². The van der Waals surface area contributed by atoms with E-state index in [2.05, 4.69) is 9.71 Å². The van der Waals surface area contributed by atoms with Gasteiger partial charge in [-0.25, -0.2) is 0 Å². The molecule has 26 heavy (non-hydrogen) atoms.